The molecule has 0 saturated heterocycles. The highest BCUT2D eigenvalue weighted by atomic mass is 16.5. The lowest BCUT2D eigenvalue weighted by atomic mass is 10.1. The van der Waals surface area contributed by atoms with Crippen molar-refractivity contribution in [3.8, 4) is 5.75 Å². The third-order valence-electron chi connectivity index (χ3n) is 3.66. The summed E-state index contributed by atoms with van der Waals surface area (Å²) < 4.78 is 5.73. The van der Waals surface area contributed by atoms with Gasteiger partial charge >= 0.3 is 0 Å². The number of benzene rings is 1. The number of hydrogen-bond donors (Lipinski definition) is 1. The first-order valence-corrected chi connectivity index (χ1v) is 8.26. The Morgan fingerprint density at radius 3 is 2.14 bits per heavy atom. The quantitative estimate of drug-likeness (QED) is 0.256. The Morgan fingerprint density at radius 1 is 0.952 bits per heavy atom. The first-order chi connectivity index (χ1) is 10.3. The summed E-state index contributed by atoms with van der Waals surface area (Å²) in [4.78, 5) is 0. The number of hydrogen-bond acceptors (Lipinski definition) is 3. The lowest BCUT2D eigenvalue weighted by Crippen LogP contribution is -2.00. The predicted octanol–water partition coefficient (Wildman–Crippen LogP) is 5.40. The molecule has 1 aromatic carbocycles. The smallest absolute Gasteiger partial charge is 0.119 e. The van der Waals surface area contributed by atoms with Gasteiger partial charge in [0.05, 0.1) is 12.3 Å². The van der Waals surface area contributed by atoms with Gasteiger partial charge in [-0.3, -0.25) is 0 Å². The van der Waals surface area contributed by atoms with E-state index >= 15 is 0 Å². The van der Waals surface area contributed by atoms with Crippen LogP contribution in [0.2, 0.25) is 0 Å². The molecule has 3 heteroatoms. The van der Waals surface area contributed by atoms with Crippen LogP contribution < -0.4 is 4.74 Å². The Bertz CT molecular complexity index is 398. The Labute approximate surface area is 129 Å². The van der Waals surface area contributed by atoms with Crippen LogP contribution in [0.3, 0.4) is 0 Å². The van der Waals surface area contributed by atoms with E-state index in [9.17, 15) is 0 Å². The molecule has 0 aliphatic carbocycles. The topological polar surface area (TPSA) is 41.8 Å². The Kier molecular flexibility index (Phi) is 9.34. The largest absolute Gasteiger partial charge is 0.494 e. The van der Waals surface area contributed by atoms with Crippen LogP contribution in [0.4, 0.5) is 0 Å². The molecule has 0 aromatic heterocycles. The van der Waals surface area contributed by atoms with Crippen LogP contribution in [0.1, 0.15) is 70.8 Å². The molecule has 0 aliphatic rings. The molecular weight excluding hydrogens is 262 g/mol. The van der Waals surface area contributed by atoms with Gasteiger partial charge in [-0.05, 0) is 42.7 Å². The van der Waals surface area contributed by atoms with Crippen molar-refractivity contribution < 1.29 is 9.94 Å². The third kappa shape index (κ3) is 7.16. The molecule has 1 aromatic rings. The van der Waals surface area contributed by atoms with E-state index in [1.54, 1.807) is 0 Å². The van der Waals surface area contributed by atoms with E-state index in [-0.39, 0.29) is 0 Å². The van der Waals surface area contributed by atoms with Crippen molar-refractivity contribution >= 4 is 5.71 Å². The molecule has 3 nitrogen and oxygen atoms in total. The highest BCUT2D eigenvalue weighted by Gasteiger charge is 2.02. The Hall–Kier alpha value is -1.51. The minimum atomic E-state index is 0.702. The van der Waals surface area contributed by atoms with Crippen molar-refractivity contribution in [1.29, 1.82) is 0 Å². The summed E-state index contributed by atoms with van der Waals surface area (Å²) in [5.41, 5.74) is 1.65. The summed E-state index contributed by atoms with van der Waals surface area (Å²) >= 11 is 0. The third-order valence-corrected chi connectivity index (χ3v) is 3.66. The van der Waals surface area contributed by atoms with E-state index < -0.39 is 0 Å². The van der Waals surface area contributed by atoms with Gasteiger partial charge in [0.25, 0.3) is 0 Å². The average Bonchev–Trinajstić information content (AvgIpc) is 2.52. The summed E-state index contributed by atoms with van der Waals surface area (Å²) in [7, 11) is 0. The van der Waals surface area contributed by atoms with Gasteiger partial charge < -0.3 is 9.94 Å². The molecule has 1 rings (SSSR count). The second-order valence-electron chi connectivity index (χ2n) is 5.39. The predicted molar refractivity (Wildman–Crippen MR) is 88.5 cm³/mol. The first kappa shape index (κ1) is 17.5. The molecule has 0 atom stereocenters. The molecule has 0 radical (unpaired) electrons. The van der Waals surface area contributed by atoms with Gasteiger partial charge in [-0.15, -0.1) is 0 Å². The van der Waals surface area contributed by atoms with Crippen LogP contribution in [0.5, 0.6) is 5.75 Å². The zero-order valence-corrected chi connectivity index (χ0v) is 13.5. The number of nitrogens with zero attached hydrogens (tertiary/aromatic N) is 1. The average molecular weight is 291 g/mol. The second-order valence-corrected chi connectivity index (χ2v) is 5.39. The maximum absolute atomic E-state index is 8.88. The van der Waals surface area contributed by atoms with E-state index in [0.29, 0.717) is 12.1 Å². The lowest BCUT2D eigenvalue weighted by molar-refractivity contribution is 0.304. The molecule has 0 unspecified atom stereocenters. The van der Waals surface area contributed by atoms with Gasteiger partial charge in [-0.2, -0.15) is 0 Å². The zero-order valence-electron chi connectivity index (χ0n) is 13.5. The lowest BCUT2D eigenvalue weighted by Gasteiger charge is -2.07. The maximum Gasteiger partial charge on any atom is 0.119 e. The van der Waals surface area contributed by atoms with Crippen LogP contribution in [-0.2, 0) is 0 Å². The Morgan fingerprint density at radius 2 is 1.57 bits per heavy atom. The van der Waals surface area contributed by atoms with Crippen molar-refractivity contribution in [2.75, 3.05) is 6.61 Å². The monoisotopic (exact) mass is 291 g/mol. The second kappa shape index (κ2) is 11.2. The minimum Gasteiger partial charge on any atom is -0.494 e. The molecule has 0 aliphatic heterocycles. The first-order valence-electron chi connectivity index (χ1n) is 8.26. The molecule has 1 N–H and O–H groups in total. The summed E-state index contributed by atoms with van der Waals surface area (Å²) in [5.74, 6) is 0.887. The van der Waals surface area contributed by atoms with Crippen LogP contribution in [0.25, 0.3) is 0 Å². The van der Waals surface area contributed by atoms with Gasteiger partial charge in [0.1, 0.15) is 5.75 Å². The molecule has 118 valence electrons. The summed E-state index contributed by atoms with van der Waals surface area (Å²) in [5, 5.41) is 12.2. The fraction of sp³-hybridized carbons (Fsp3) is 0.611. The zero-order chi connectivity index (χ0) is 15.3. The van der Waals surface area contributed by atoms with Gasteiger partial charge in [0.15, 0.2) is 0 Å². The normalized spacial score (nSPS) is 11.6. The van der Waals surface area contributed by atoms with E-state index in [4.69, 9.17) is 9.94 Å². The number of rotatable bonds is 11. The van der Waals surface area contributed by atoms with Crippen molar-refractivity contribution in [1.82, 2.24) is 0 Å². The fourth-order valence-corrected chi connectivity index (χ4v) is 2.33. The minimum absolute atomic E-state index is 0.702. The Balaban J connectivity index is 2.18. The van der Waals surface area contributed by atoms with Gasteiger partial charge in [-0.1, -0.05) is 57.5 Å². The van der Waals surface area contributed by atoms with E-state index in [1.165, 1.54) is 38.5 Å². The summed E-state index contributed by atoms with van der Waals surface area (Å²) in [6.07, 6.45) is 9.78. The number of unbranched alkanes of at least 4 members (excludes halogenated alkanes) is 6. The van der Waals surface area contributed by atoms with Crippen LogP contribution in [0.15, 0.2) is 29.4 Å². The van der Waals surface area contributed by atoms with E-state index in [2.05, 4.69) is 12.1 Å². The fourth-order valence-electron chi connectivity index (χ4n) is 2.33. The van der Waals surface area contributed by atoms with Crippen LogP contribution in [-0.4, -0.2) is 17.5 Å². The van der Waals surface area contributed by atoms with E-state index in [0.717, 1.165) is 24.3 Å². The SMILES string of the molecule is CCCCCCCCCOc1ccc(C(CC)=NO)cc1. The molecular formula is C18H29NO2. The number of ether oxygens (including phenoxy) is 1. The molecule has 0 amide bonds. The van der Waals surface area contributed by atoms with Crippen molar-refractivity contribution in [2.24, 2.45) is 5.16 Å². The molecule has 0 spiro atoms. The molecule has 0 bridgehead atoms. The van der Waals surface area contributed by atoms with Gasteiger partial charge in [-0.25, -0.2) is 0 Å². The summed E-state index contributed by atoms with van der Waals surface area (Å²) in [6, 6.07) is 7.77. The van der Waals surface area contributed by atoms with E-state index in [1.807, 2.05) is 31.2 Å². The molecule has 0 heterocycles. The highest BCUT2D eigenvalue weighted by molar-refractivity contribution is 6.00. The van der Waals surface area contributed by atoms with Gasteiger partial charge in [0, 0.05) is 0 Å². The molecule has 0 saturated carbocycles. The summed E-state index contributed by atoms with van der Waals surface area (Å²) in [6.45, 7) is 5.00. The van der Waals surface area contributed by atoms with Crippen molar-refractivity contribution in [3.05, 3.63) is 29.8 Å². The maximum atomic E-state index is 8.88. The standard InChI is InChI=1S/C18H29NO2/c1-3-5-6-7-8-9-10-15-21-17-13-11-16(12-14-17)18(4-2)19-20/h11-14,20H,3-10,15H2,1-2H3. The van der Waals surface area contributed by atoms with Crippen molar-refractivity contribution in [3.63, 3.8) is 0 Å². The number of oxime groups is 1. The molecule has 21 heavy (non-hydrogen) atoms. The van der Waals surface area contributed by atoms with Crippen LogP contribution in [0, 0.1) is 0 Å². The van der Waals surface area contributed by atoms with Crippen molar-refractivity contribution in [2.45, 2.75) is 65.2 Å². The molecule has 0 fully saturated rings. The highest BCUT2D eigenvalue weighted by Crippen LogP contribution is 2.15. The van der Waals surface area contributed by atoms with Crippen LogP contribution >= 0.6 is 0 Å². The van der Waals surface area contributed by atoms with Gasteiger partial charge in [0.2, 0.25) is 0 Å².